The molecule has 0 amide bonds. The Morgan fingerprint density at radius 3 is 2.74 bits per heavy atom. The summed E-state index contributed by atoms with van der Waals surface area (Å²) in [6.07, 6.45) is 4.17. The molecular weight excluding hydrogens is 258 g/mol. The van der Waals surface area contributed by atoms with Crippen LogP contribution in [0.4, 0.5) is 0 Å². The predicted octanol–water partition coefficient (Wildman–Crippen LogP) is 4.39. The van der Waals surface area contributed by atoms with Gasteiger partial charge in [0.2, 0.25) is 0 Å². The maximum atomic E-state index is 6.04. The SMILES string of the molecule is CNC(c1cc2cc(Cl)ccc2o1)C1CC2CC2C1. The molecule has 2 aromatic rings. The van der Waals surface area contributed by atoms with Gasteiger partial charge < -0.3 is 9.73 Å². The first-order valence-corrected chi connectivity index (χ1v) is 7.48. The molecule has 1 N–H and O–H groups in total. The largest absolute Gasteiger partial charge is 0.459 e. The van der Waals surface area contributed by atoms with E-state index in [1.54, 1.807) is 0 Å². The minimum Gasteiger partial charge on any atom is -0.459 e. The number of benzene rings is 1. The molecule has 0 radical (unpaired) electrons. The molecule has 1 aromatic carbocycles. The molecule has 19 heavy (non-hydrogen) atoms. The highest BCUT2D eigenvalue weighted by atomic mass is 35.5. The Balaban J connectivity index is 1.67. The third kappa shape index (κ3) is 1.98. The Hall–Kier alpha value is -0.990. The quantitative estimate of drug-likeness (QED) is 0.898. The van der Waals surface area contributed by atoms with Crippen LogP contribution in [0.2, 0.25) is 5.02 Å². The fraction of sp³-hybridized carbons (Fsp3) is 0.500. The van der Waals surface area contributed by atoms with Crippen LogP contribution in [0, 0.1) is 17.8 Å². The molecular formula is C16H18ClNO. The predicted molar refractivity (Wildman–Crippen MR) is 77.3 cm³/mol. The molecule has 2 fully saturated rings. The van der Waals surface area contributed by atoms with Gasteiger partial charge in [-0.05, 0) is 68.3 Å². The van der Waals surface area contributed by atoms with Crippen LogP contribution in [-0.4, -0.2) is 7.05 Å². The number of fused-ring (bicyclic) bond motifs is 2. The molecule has 4 rings (SSSR count). The fourth-order valence-corrected chi connectivity index (χ4v) is 4.01. The first-order chi connectivity index (χ1) is 9.24. The van der Waals surface area contributed by atoms with Gasteiger partial charge in [-0.1, -0.05) is 11.6 Å². The van der Waals surface area contributed by atoms with E-state index < -0.39 is 0 Å². The van der Waals surface area contributed by atoms with E-state index in [-0.39, 0.29) is 0 Å². The first kappa shape index (κ1) is 11.8. The normalized spacial score (nSPS) is 30.5. The smallest absolute Gasteiger partial charge is 0.134 e. The highest BCUT2D eigenvalue weighted by Crippen LogP contribution is 2.57. The van der Waals surface area contributed by atoms with E-state index in [1.807, 2.05) is 25.2 Å². The zero-order valence-corrected chi connectivity index (χ0v) is 11.8. The topological polar surface area (TPSA) is 25.2 Å². The van der Waals surface area contributed by atoms with E-state index >= 15 is 0 Å². The molecule has 3 heteroatoms. The van der Waals surface area contributed by atoms with Crippen molar-refractivity contribution in [1.29, 1.82) is 0 Å². The van der Waals surface area contributed by atoms with E-state index in [0.29, 0.717) is 6.04 Å². The maximum Gasteiger partial charge on any atom is 0.134 e. The summed E-state index contributed by atoms with van der Waals surface area (Å²) in [5, 5.41) is 5.32. The summed E-state index contributed by atoms with van der Waals surface area (Å²) < 4.78 is 6.02. The Labute approximate surface area is 118 Å². The molecule has 2 saturated carbocycles. The van der Waals surface area contributed by atoms with Crippen molar-refractivity contribution in [3.63, 3.8) is 0 Å². The highest BCUT2D eigenvalue weighted by Gasteiger charge is 2.48. The van der Waals surface area contributed by atoms with Gasteiger partial charge in [0.05, 0.1) is 6.04 Å². The summed E-state index contributed by atoms with van der Waals surface area (Å²) >= 11 is 6.04. The summed E-state index contributed by atoms with van der Waals surface area (Å²) in [4.78, 5) is 0. The van der Waals surface area contributed by atoms with Crippen LogP contribution >= 0.6 is 11.6 Å². The number of furan rings is 1. The number of rotatable bonds is 3. The van der Waals surface area contributed by atoms with Gasteiger partial charge in [-0.3, -0.25) is 0 Å². The van der Waals surface area contributed by atoms with Crippen LogP contribution in [0.25, 0.3) is 11.0 Å². The van der Waals surface area contributed by atoms with Gasteiger partial charge in [-0.15, -0.1) is 0 Å². The Morgan fingerprint density at radius 1 is 1.21 bits per heavy atom. The van der Waals surface area contributed by atoms with E-state index in [9.17, 15) is 0 Å². The van der Waals surface area contributed by atoms with Crippen molar-refractivity contribution in [3.8, 4) is 0 Å². The summed E-state index contributed by atoms with van der Waals surface area (Å²) in [5.41, 5.74) is 0.933. The second kappa shape index (κ2) is 4.26. The lowest BCUT2D eigenvalue weighted by atomic mass is 9.92. The van der Waals surface area contributed by atoms with E-state index in [1.165, 1.54) is 19.3 Å². The molecule has 0 aliphatic heterocycles. The van der Waals surface area contributed by atoms with Crippen LogP contribution in [0.5, 0.6) is 0 Å². The zero-order valence-electron chi connectivity index (χ0n) is 11.0. The number of hydrogen-bond donors (Lipinski definition) is 1. The maximum absolute atomic E-state index is 6.04. The molecule has 2 aliphatic rings. The molecule has 3 unspecified atom stereocenters. The van der Waals surface area contributed by atoms with Crippen molar-refractivity contribution in [2.75, 3.05) is 7.05 Å². The van der Waals surface area contributed by atoms with Gasteiger partial charge in [-0.25, -0.2) is 0 Å². The van der Waals surface area contributed by atoms with Gasteiger partial charge >= 0.3 is 0 Å². The molecule has 0 spiro atoms. The lowest BCUT2D eigenvalue weighted by molar-refractivity contribution is 0.316. The van der Waals surface area contributed by atoms with Crippen LogP contribution < -0.4 is 5.32 Å². The summed E-state index contributed by atoms with van der Waals surface area (Å²) in [6.45, 7) is 0. The van der Waals surface area contributed by atoms with Crippen molar-refractivity contribution < 1.29 is 4.42 Å². The molecule has 0 saturated heterocycles. The number of nitrogens with one attached hydrogen (secondary N) is 1. The Bertz CT molecular complexity index is 610. The van der Waals surface area contributed by atoms with Crippen molar-refractivity contribution in [2.45, 2.75) is 25.3 Å². The van der Waals surface area contributed by atoms with Crippen molar-refractivity contribution >= 4 is 22.6 Å². The summed E-state index contributed by atoms with van der Waals surface area (Å²) in [5.74, 6) is 3.79. The standard InChI is InChI=1S/C16H18ClNO/c1-18-16(12-5-9-4-10(9)6-12)15-8-11-7-13(17)2-3-14(11)19-15/h2-3,7-10,12,16,18H,4-6H2,1H3. The van der Waals surface area contributed by atoms with Crippen LogP contribution in [-0.2, 0) is 0 Å². The minimum atomic E-state index is 0.346. The monoisotopic (exact) mass is 275 g/mol. The Morgan fingerprint density at radius 2 is 2.00 bits per heavy atom. The average Bonchev–Trinajstić information content (AvgIpc) is 2.84. The van der Waals surface area contributed by atoms with E-state index in [0.717, 1.165) is 39.5 Å². The number of hydrogen-bond acceptors (Lipinski definition) is 2. The third-order valence-electron chi connectivity index (χ3n) is 4.87. The van der Waals surface area contributed by atoms with Crippen molar-refractivity contribution in [3.05, 3.63) is 35.0 Å². The van der Waals surface area contributed by atoms with Crippen LogP contribution in [0.1, 0.15) is 31.1 Å². The average molecular weight is 276 g/mol. The molecule has 2 aliphatic carbocycles. The van der Waals surface area contributed by atoms with E-state index in [2.05, 4.69) is 11.4 Å². The van der Waals surface area contributed by atoms with Crippen molar-refractivity contribution in [2.24, 2.45) is 17.8 Å². The zero-order chi connectivity index (χ0) is 13.0. The second-order valence-electron chi connectivity index (χ2n) is 6.08. The molecule has 100 valence electrons. The lowest BCUT2D eigenvalue weighted by Crippen LogP contribution is -2.24. The van der Waals surface area contributed by atoms with Gasteiger partial charge in [-0.2, -0.15) is 0 Å². The van der Waals surface area contributed by atoms with Gasteiger partial charge in [0, 0.05) is 10.4 Å². The van der Waals surface area contributed by atoms with E-state index in [4.69, 9.17) is 16.0 Å². The van der Waals surface area contributed by atoms with Gasteiger partial charge in [0.15, 0.2) is 0 Å². The summed E-state index contributed by atoms with van der Waals surface area (Å²) in [6, 6.07) is 8.31. The summed E-state index contributed by atoms with van der Waals surface area (Å²) in [7, 11) is 2.04. The van der Waals surface area contributed by atoms with Crippen LogP contribution in [0.3, 0.4) is 0 Å². The van der Waals surface area contributed by atoms with Crippen molar-refractivity contribution in [1.82, 2.24) is 5.32 Å². The van der Waals surface area contributed by atoms with Gasteiger partial charge in [0.25, 0.3) is 0 Å². The van der Waals surface area contributed by atoms with Crippen LogP contribution in [0.15, 0.2) is 28.7 Å². The minimum absolute atomic E-state index is 0.346. The third-order valence-corrected chi connectivity index (χ3v) is 5.10. The molecule has 2 nitrogen and oxygen atoms in total. The first-order valence-electron chi connectivity index (χ1n) is 7.11. The molecule has 1 aromatic heterocycles. The lowest BCUT2D eigenvalue weighted by Gasteiger charge is -2.22. The second-order valence-corrected chi connectivity index (χ2v) is 6.52. The number of halogens is 1. The fourth-order valence-electron chi connectivity index (χ4n) is 3.83. The highest BCUT2D eigenvalue weighted by molar-refractivity contribution is 6.31. The molecule has 0 bridgehead atoms. The van der Waals surface area contributed by atoms with Gasteiger partial charge in [0.1, 0.15) is 11.3 Å². The Kier molecular flexibility index (Phi) is 2.64. The molecule has 3 atom stereocenters. The molecule has 1 heterocycles.